The molecule has 2 unspecified atom stereocenters. The summed E-state index contributed by atoms with van der Waals surface area (Å²) in [6.07, 6.45) is 7.78. The Bertz CT molecular complexity index is 1070. The third-order valence-electron chi connectivity index (χ3n) is 4.87. The smallest absolute Gasteiger partial charge is 0.231 e. The van der Waals surface area contributed by atoms with E-state index >= 15 is 0 Å². The lowest BCUT2D eigenvalue weighted by Crippen LogP contribution is -2.16. The molecular weight excluding hydrogens is 399 g/mol. The molecule has 1 aliphatic rings. The van der Waals surface area contributed by atoms with Crippen LogP contribution < -0.4 is 10.6 Å². The van der Waals surface area contributed by atoms with E-state index in [2.05, 4.69) is 32.2 Å². The van der Waals surface area contributed by atoms with Gasteiger partial charge in [-0.3, -0.25) is 14.2 Å². The van der Waals surface area contributed by atoms with E-state index in [0.29, 0.717) is 23.8 Å². The lowest BCUT2D eigenvalue weighted by atomic mass is 10.1. The van der Waals surface area contributed by atoms with Gasteiger partial charge in [-0.25, -0.2) is 19.3 Å². The van der Waals surface area contributed by atoms with Crippen LogP contribution in [0.3, 0.4) is 0 Å². The molecular formula is C22H25FN6O2. The van der Waals surface area contributed by atoms with Crippen molar-refractivity contribution in [2.45, 2.75) is 39.8 Å². The van der Waals surface area contributed by atoms with Gasteiger partial charge in [0.1, 0.15) is 24.1 Å². The predicted molar refractivity (Wildman–Crippen MR) is 116 cm³/mol. The lowest BCUT2D eigenvalue weighted by Gasteiger charge is -2.13. The molecule has 3 rings (SSSR count). The van der Waals surface area contributed by atoms with E-state index in [0.717, 1.165) is 11.3 Å². The Morgan fingerprint density at radius 1 is 1.32 bits per heavy atom. The van der Waals surface area contributed by atoms with Crippen molar-refractivity contribution in [3.05, 3.63) is 60.4 Å². The number of ketones is 1. The second kappa shape index (κ2) is 9.46. The summed E-state index contributed by atoms with van der Waals surface area (Å²) in [4.78, 5) is 36.4. The van der Waals surface area contributed by atoms with Crippen LogP contribution in [0.4, 0.5) is 16.2 Å². The van der Waals surface area contributed by atoms with Crippen LogP contribution in [0.1, 0.15) is 33.6 Å². The van der Waals surface area contributed by atoms with Gasteiger partial charge in [-0.15, -0.1) is 0 Å². The fourth-order valence-corrected chi connectivity index (χ4v) is 2.95. The van der Waals surface area contributed by atoms with Crippen molar-refractivity contribution in [2.75, 3.05) is 10.6 Å². The van der Waals surface area contributed by atoms with Gasteiger partial charge >= 0.3 is 0 Å². The van der Waals surface area contributed by atoms with Gasteiger partial charge in [0, 0.05) is 36.2 Å². The number of amides is 1. The maximum absolute atomic E-state index is 13.1. The van der Waals surface area contributed by atoms with Gasteiger partial charge < -0.3 is 10.6 Å². The lowest BCUT2D eigenvalue weighted by molar-refractivity contribution is -0.117. The Morgan fingerprint density at radius 3 is 2.71 bits per heavy atom. The van der Waals surface area contributed by atoms with Crippen molar-refractivity contribution in [3.63, 3.8) is 0 Å². The summed E-state index contributed by atoms with van der Waals surface area (Å²) in [6, 6.07) is 1.58. The van der Waals surface area contributed by atoms with Crippen molar-refractivity contribution >= 4 is 23.5 Å². The van der Waals surface area contributed by atoms with Crippen LogP contribution in [-0.4, -0.2) is 37.4 Å². The quantitative estimate of drug-likeness (QED) is 0.470. The zero-order valence-corrected chi connectivity index (χ0v) is 17.7. The number of alkyl halides is 1. The molecule has 31 heavy (non-hydrogen) atoms. The Morgan fingerprint density at radius 2 is 2.06 bits per heavy atom. The molecule has 2 atom stereocenters. The number of imidazole rings is 1. The monoisotopic (exact) mass is 424 g/mol. The summed E-state index contributed by atoms with van der Waals surface area (Å²) in [6.45, 7) is 9.36. The zero-order valence-electron chi connectivity index (χ0n) is 17.7. The van der Waals surface area contributed by atoms with E-state index in [1.54, 1.807) is 36.0 Å². The number of Topliss-reactive ketones (excluding diaryl/α,β-unsaturated/α-hetero) is 1. The molecule has 1 saturated carbocycles. The molecule has 0 spiro atoms. The Kier molecular flexibility index (Phi) is 6.74. The number of carbonyl (C=O) groups is 2. The molecule has 9 heteroatoms. The highest BCUT2D eigenvalue weighted by Crippen LogP contribution is 2.34. The van der Waals surface area contributed by atoms with E-state index in [9.17, 15) is 14.0 Å². The summed E-state index contributed by atoms with van der Waals surface area (Å²) in [5.74, 6) is 0.226. The van der Waals surface area contributed by atoms with Crippen molar-refractivity contribution in [3.8, 4) is 5.82 Å². The first-order valence-electron chi connectivity index (χ1n) is 9.98. The molecule has 2 aromatic rings. The van der Waals surface area contributed by atoms with Gasteiger partial charge in [0.2, 0.25) is 11.9 Å². The number of hydrogen-bond acceptors (Lipinski definition) is 6. The predicted octanol–water partition coefficient (Wildman–Crippen LogP) is 3.76. The van der Waals surface area contributed by atoms with Crippen LogP contribution in [0, 0.1) is 5.92 Å². The third kappa shape index (κ3) is 5.30. The second-order valence-electron chi connectivity index (χ2n) is 7.19. The van der Waals surface area contributed by atoms with Crippen LogP contribution in [0.2, 0.25) is 0 Å². The number of nitrogens with one attached hydrogen (secondary N) is 2. The molecule has 8 nitrogen and oxygen atoms in total. The summed E-state index contributed by atoms with van der Waals surface area (Å²) < 4.78 is 14.8. The van der Waals surface area contributed by atoms with E-state index in [4.69, 9.17) is 0 Å². The molecule has 162 valence electrons. The average molecular weight is 424 g/mol. The molecule has 0 aromatic carbocycles. The van der Waals surface area contributed by atoms with E-state index in [1.165, 1.54) is 6.33 Å². The van der Waals surface area contributed by atoms with Gasteiger partial charge in [-0.05, 0) is 31.9 Å². The summed E-state index contributed by atoms with van der Waals surface area (Å²) in [5.41, 5.74) is 2.01. The first-order valence-corrected chi connectivity index (χ1v) is 9.98. The molecule has 0 saturated heterocycles. The van der Waals surface area contributed by atoms with Gasteiger partial charge in [0.05, 0.1) is 5.92 Å². The molecule has 2 aromatic heterocycles. The van der Waals surface area contributed by atoms with E-state index < -0.39 is 12.1 Å². The van der Waals surface area contributed by atoms with Gasteiger partial charge in [0.15, 0.2) is 5.78 Å². The molecule has 1 aliphatic carbocycles. The average Bonchev–Trinajstić information content (AvgIpc) is 3.31. The molecule has 0 bridgehead atoms. The first-order chi connectivity index (χ1) is 14.8. The summed E-state index contributed by atoms with van der Waals surface area (Å²) >= 11 is 0. The fraction of sp³-hybridized carbons (Fsp3) is 0.318. The molecule has 2 N–H and O–H groups in total. The van der Waals surface area contributed by atoms with Crippen LogP contribution in [0.15, 0.2) is 60.4 Å². The van der Waals surface area contributed by atoms with Gasteiger partial charge in [0.25, 0.3) is 0 Å². The molecule has 2 heterocycles. The van der Waals surface area contributed by atoms with Crippen molar-refractivity contribution < 1.29 is 14.0 Å². The number of anilines is 2. The van der Waals surface area contributed by atoms with Crippen LogP contribution in [0.5, 0.6) is 0 Å². The standard InChI is InChI=1S/C22H25FN6O2/c1-5-17(13(3)9-14(4)18(30)6-2)27-22-24-7-8-29(22)20-11-19(25-12-26-20)28-21(31)15-10-16(15)23/h5,7-9,11-12,15-16H,4,6,10H2,1-3H3,(H,24,27)(H,25,26,28,31)/b13-9-,17-5+. The number of hydrogen-bond donors (Lipinski definition) is 2. The minimum atomic E-state index is -1.08. The molecule has 0 radical (unpaired) electrons. The number of aromatic nitrogens is 4. The second-order valence-corrected chi connectivity index (χ2v) is 7.19. The minimum absolute atomic E-state index is 0.0165. The highest BCUT2D eigenvalue weighted by atomic mass is 19.1. The Hall–Kier alpha value is -3.62. The summed E-state index contributed by atoms with van der Waals surface area (Å²) in [5, 5.41) is 5.84. The fourth-order valence-electron chi connectivity index (χ4n) is 2.95. The zero-order chi connectivity index (χ0) is 22.5. The third-order valence-corrected chi connectivity index (χ3v) is 4.87. The summed E-state index contributed by atoms with van der Waals surface area (Å²) in [7, 11) is 0. The highest BCUT2D eigenvalue weighted by molar-refractivity contribution is 5.97. The van der Waals surface area contributed by atoms with Crippen LogP contribution in [-0.2, 0) is 9.59 Å². The molecule has 1 amide bonds. The van der Waals surface area contributed by atoms with Crippen molar-refractivity contribution in [1.29, 1.82) is 0 Å². The minimum Gasteiger partial charge on any atom is -0.325 e. The Balaban J connectivity index is 1.78. The SMILES string of the molecule is C=C(/C=C(C)\C(=C/C)Nc1nccn1-c1cc(NC(=O)C2CC2F)ncn1)C(=O)CC. The maximum Gasteiger partial charge on any atom is 0.231 e. The Labute approximate surface area is 180 Å². The van der Waals surface area contributed by atoms with Crippen LogP contribution >= 0.6 is 0 Å². The molecule has 0 aliphatic heterocycles. The van der Waals surface area contributed by atoms with Crippen LogP contribution in [0.25, 0.3) is 5.82 Å². The number of carbonyl (C=O) groups excluding carboxylic acids is 2. The number of halogens is 1. The maximum atomic E-state index is 13.1. The normalized spacial score (nSPS) is 18.5. The number of nitrogens with zero attached hydrogens (tertiary/aromatic N) is 4. The van der Waals surface area contributed by atoms with E-state index in [1.807, 2.05) is 19.9 Å². The number of allylic oxidation sites excluding steroid dienone is 4. The largest absolute Gasteiger partial charge is 0.325 e. The molecule has 1 fully saturated rings. The van der Waals surface area contributed by atoms with Gasteiger partial charge in [-0.1, -0.05) is 19.6 Å². The topological polar surface area (TPSA) is 102 Å². The van der Waals surface area contributed by atoms with Crippen molar-refractivity contribution in [1.82, 2.24) is 19.5 Å². The van der Waals surface area contributed by atoms with Crippen molar-refractivity contribution in [2.24, 2.45) is 5.92 Å². The highest BCUT2D eigenvalue weighted by Gasteiger charge is 2.43. The van der Waals surface area contributed by atoms with Gasteiger partial charge in [-0.2, -0.15) is 0 Å². The first kappa shape index (κ1) is 22.1. The number of rotatable bonds is 9. The van der Waals surface area contributed by atoms with E-state index in [-0.39, 0.29) is 23.9 Å².